The molecular formula is C53H97FN22O11. The van der Waals surface area contributed by atoms with Gasteiger partial charge in [0, 0.05) is 44.4 Å². The molecule has 29 N–H and O–H groups in total. The van der Waals surface area contributed by atoms with Crippen LogP contribution in [0.5, 0.6) is 0 Å². The number of likely N-dealkylation sites (tertiary alicyclic amines) is 1. The molecule has 10 amide bonds. The van der Waals surface area contributed by atoms with E-state index in [1.54, 1.807) is 0 Å². The van der Waals surface area contributed by atoms with Crippen molar-refractivity contribution in [3.8, 4) is 0 Å². The fraction of sp³-hybridized carbons (Fsp3) is 0.698. The number of unbranched alkanes of at least 4 members (excludes halogenated alkanes) is 4. The van der Waals surface area contributed by atoms with Crippen LogP contribution in [-0.4, -0.2) is 211 Å². The summed E-state index contributed by atoms with van der Waals surface area (Å²) in [5, 5.41) is 33.3. The smallest absolute Gasteiger partial charge is 0.268 e. The number of alkyl halides is 1. The molecule has 0 saturated carbocycles. The van der Waals surface area contributed by atoms with Crippen LogP contribution in [0, 0.1) is 0 Å². The Morgan fingerprint density at radius 3 is 1.91 bits per heavy atom. The summed E-state index contributed by atoms with van der Waals surface area (Å²) in [5.74, 6) is -8.72. The van der Waals surface area contributed by atoms with Crippen molar-refractivity contribution in [3.05, 3.63) is 30.0 Å². The summed E-state index contributed by atoms with van der Waals surface area (Å²) in [6, 6.07) is -10.9. The van der Waals surface area contributed by atoms with Gasteiger partial charge in [-0.3, -0.25) is 52.9 Å². The zero-order valence-electron chi connectivity index (χ0n) is 49.8. The van der Waals surface area contributed by atoms with Crippen molar-refractivity contribution >= 4 is 65.0 Å². The third kappa shape index (κ3) is 28.7. The minimum atomic E-state index is -1.74. The van der Waals surface area contributed by atoms with Gasteiger partial charge in [-0.2, -0.15) is 0 Å². The summed E-state index contributed by atoms with van der Waals surface area (Å²) in [6.07, 6.45) is 4.65. The van der Waals surface area contributed by atoms with Gasteiger partial charge < -0.3 is 114 Å². The maximum absolute atomic E-state index is 15.5. The van der Waals surface area contributed by atoms with Gasteiger partial charge in [0.15, 0.2) is 5.96 Å². The van der Waals surface area contributed by atoms with Gasteiger partial charge in [0.25, 0.3) is 5.91 Å². The quantitative estimate of drug-likeness (QED) is 0.0125. The van der Waals surface area contributed by atoms with E-state index in [1.807, 2.05) is 0 Å². The predicted molar refractivity (Wildman–Crippen MR) is 320 cm³/mol. The molecule has 0 aromatic carbocycles. The number of amides is 10. The average Bonchev–Trinajstić information content (AvgIpc) is 2.43. The van der Waals surface area contributed by atoms with Crippen LogP contribution in [0.4, 0.5) is 4.39 Å². The second-order valence-electron chi connectivity index (χ2n) is 21.0. The fourth-order valence-corrected chi connectivity index (χ4v) is 8.92. The Balaban J connectivity index is 2.36. The van der Waals surface area contributed by atoms with Crippen LogP contribution in [0.3, 0.4) is 0 Å². The molecule has 0 bridgehead atoms. The van der Waals surface area contributed by atoms with E-state index < -0.39 is 146 Å². The number of rotatable bonds is 44. The fourth-order valence-electron chi connectivity index (χ4n) is 8.92. The number of imidazole rings is 1. The lowest BCUT2D eigenvalue weighted by Crippen LogP contribution is -2.60. The van der Waals surface area contributed by atoms with Crippen LogP contribution in [0.2, 0.25) is 0 Å². The second kappa shape index (κ2) is 42.4. The first kappa shape index (κ1) is 75.6. The Bertz CT molecular complexity index is 2380. The van der Waals surface area contributed by atoms with E-state index in [1.165, 1.54) is 25.5 Å². The van der Waals surface area contributed by atoms with Gasteiger partial charge in [0.05, 0.1) is 31.6 Å². The molecule has 0 radical (unpaired) electrons. The first-order valence-corrected chi connectivity index (χ1v) is 29.5. The van der Waals surface area contributed by atoms with Crippen LogP contribution in [0.25, 0.3) is 0 Å². The molecule has 492 valence electrons. The number of aromatic nitrogens is 2. The molecule has 34 heteroatoms. The van der Waals surface area contributed by atoms with E-state index in [4.69, 9.17) is 51.6 Å². The molecule has 1 aromatic heterocycles. The highest BCUT2D eigenvalue weighted by Crippen LogP contribution is 2.23. The molecule has 1 aromatic rings. The monoisotopic (exact) mass is 1240 g/mol. The minimum Gasteiger partial charge on any atom is -0.389 e. The first-order valence-electron chi connectivity index (χ1n) is 29.5. The van der Waals surface area contributed by atoms with Crippen molar-refractivity contribution < 1.29 is 57.4 Å². The molecule has 2 heterocycles. The van der Waals surface area contributed by atoms with Crippen molar-refractivity contribution in [2.24, 2.45) is 56.6 Å². The lowest BCUT2D eigenvalue weighted by molar-refractivity contribution is -0.142. The number of carbonyl (C=O) groups is 10. The SMILES string of the molecule is C[C@H](NC(=O)[C@@H](NC(=O)[C@@H](N)CCCCN)[C@@H](O)CN)C(=O)NCC(=O)N[C@H](CCCN)C(=O)N1C[C@H](F)C[C@H]1C(=O)N[C@@H](Cc1cnc[nH]1)C(=O)N[C@@H](CCCCN)C(=O)N/C(=C\CCN=C(N)N)C(=O)N[C@@H](CCCCN)C(=O)NCCCCN. The average molecular weight is 1240 g/mol. The van der Waals surface area contributed by atoms with E-state index >= 15 is 4.39 Å². The number of hydrogen-bond donors (Lipinski definition) is 20. The predicted octanol–water partition coefficient (Wildman–Crippen LogP) is -7.77. The van der Waals surface area contributed by atoms with Crippen LogP contribution in [0.1, 0.15) is 109 Å². The number of nitrogens with two attached hydrogens (primary N) is 9. The number of hydrogen-bond acceptors (Lipinski definition) is 20. The number of aliphatic hydroxyl groups is 1. The highest BCUT2D eigenvalue weighted by Gasteiger charge is 2.43. The third-order valence-electron chi connectivity index (χ3n) is 13.8. The number of carbonyl (C=O) groups excluding carboxylic acids is 10. The molecule has 1 aliphatic rings. The topological polar surface area (TPSA) is 578 Å². The van der Waals surface area contributed by atoms with Crippen LogP contribution < -0.4 is 99.5 Å². The van der Waals surface area contributed by atoms with Gasteiger partial charge >= 0.3 is 0 Å². The zero-order valence-corrected chi connectivity index (χ0v) is 49.8. The number of H-pyrrole nitrogens is 1. The standard InChI is InChI=1S/C53H97FN22O11/c1-31(69-51(86)43(41(77)26-60)75-45(80)34(61)12-2-5-17-55)44(79)67-28-42(78)70-38(15-10-21-59)52(87)76-29-32(54)24-40(76)50(85)74-39(25-33-27-64-30-68-33)49(84)73-36(14-4-7-19-57)47(82)72-37(16-11-23-66-53(62)63)48(83)71-35(13-3-6-18-56)46(81)65-22-9-8-20-58/h16,27,30-32,34-36,38-41,43,77H,2-15,17-26,28-29,55-61H2,1H3,(H,64,68)(H,65,81)(H,67,79)(H,69,86)(H,70,78)(H,71,83)(H,72,82)(H,73,84)(H,74,85)(H,75,80)(H4,62,63,66)/b37-16-/t31-,32+,34-,35-,36-,38+,39-,40-,41-,43-/m0/s1. The number of nitrogens with zero attached hydrogens (tertiary/aromatic N) is 3. The molecule has 1 saturated heterocycles. The van der Waals surface area contributed by atoms with Gasteiger partial charge in [-0.1, -0.05) is 12.5 Å². The number of aromatic amines is 1. The maximum atomic E-state index is 15.5. The number of aliphatic imine (C=N–C) groups is 1. The van der Waals surface area contributed by atoms with Crippen molar-refractivity contribution in [2.45, 2.75) is 170 Å². The number of nitrogens with one attached hydrogen (secondary N) is 10. The minimum absolute atomic E-state index is 0.00547. The lowest BCUT2D eigenvalue weighted by atomic mass is 10.0. The largest absolute Gasteiger partial charge is 0.389 e. The Morgan fingerprint density at radius 1 is 0.701 bits per heavy atom. The molecule has 87 heavy (non-hydrogen) atoms. The Kier molecular flexibility index (Phi) is 36.8. The van der Waals surface area contributed by atoms with Crippen molar-refractivity contribution in [1.29, 1.82) is 0 Å². The van der Waals surface area contributed by atoms with Gasteiger partial charge in [-0.25, -0.2) is 9.37 Å². The summed E-state index contributed by atoms with van der Waals surface area (Å²) in [6.45, 7) is 1.20. The van der Waals surface area contributed by atoms with E-state index in [2.05, 4.69) is 62.8 Å². The van der Waals surface area contributed by atoms with Gasteiger partial charge in [0.2, 0.25) is 53.2 Å². The molecule has 0 spiro atoms. The molecule has 2 rings (SSSR count). The van der Waals surface area contributed by atoms with Gasteiger partial charge in [0.1, 0.15) is 54.2 Å². The molecule has 1 fully saturated rings. The zero-order chi connectivity index (χ0) is 64.8. The van der Waals surface area contributed by atoms with E-state index in [0.29, 0.717) is 83.2 Å². The van der Waals surface area contributed by atoms with Crippen molar-refractivity contribution in [3.63, 3.8) is 0 Å². The summed E-state index contributed by atoms with van der Waals surface area (Å²) >= 11 is 0. The molecule has 0 aliphatic carbocycles. The Morgan fingerprint density at radius 2 is 1.31 bits per heavy atom. The highest BCUT2D eigenvalue weighted by molar-refractivity contribution is 6.02. The normalized spacial score (nSPS) is 16.7. The summed E-state index contributed by atoms with van der Waals surface area (Å²) in [5.41, 5.74) is 50.9. The maximum Gasteiger partial charge on any atom is 0.268 e. The van der Waals surface area contributed by atoms with Crippen molar-refractivity contribution in [2.75, 3.05) is 65.4 Å². The van der Waals surface area contributed by atoms with Gasteiger partial charge in [-0.15, -0.1) is 0 Å². The van der Waals surface area contributed by atoms with Crippen LogP contribution >= 0.6 is 0 Å². The number of halogens is 1. The molecule has 0 unspecified atom stereocenters. The Labute approximate surface area is 506 Å². The number of aliphatic hydroxyl groups excluding tert-OH is 1. The molecular weight excluding hydrogens is 1140 g/mol. The molecule has 33 nitrogen and oxygen atoms in total. The summed E-state index contributed by atoms with van der Waals surface area (Å²) in [4.78, 5) is 149. The van der Waals surface area contributed by atoms with Crippen LogP contribution in [-0.2, 0) is 54.4 Å². The van der Waals surface area contributed by atoms with Crippen molar-refractivity contribution in [1.82, 2.24) is 62.7 Å². The van der Waals surface area contributed by atoms with E-state index in [9.17, 15) is 53.1 Å². The first-order chi connectivity index (χ1) is 41.5. The highest BCUT2D eigenvalue weighted by atomic mass is 19.1. The second-order valence-corrected chi connectivity index (χ2v) is 21.0. The molecule has 1 aliphatic heterocycles. The van der Waals surface area contributed by atoms with E-state index in [0.717, 1.165) is 4.90 Å². The Hall–Kier alpha value is -7.47. The summed E-state index contributed by atoms with van der Waals surface area (Å²) in [7, 11) is 0. The van der Waals surface area contributed by atoms with Crippen LogP contribution in [0.15, 0.2) is 29.3 Å². The van der Waals surface area contributed by atoms with Gasteiger partial charge in [-0.05, 0) is 123 Å². The third-order valence-corrected chi connectivity index (χ3v) is 13.8. The summed E-state index contributed by atoms with van der Waals surface area (Å²) < 4.78 is 15.5. The number of guanidine groups is 1. The van der Waals surface area contributed by atoms with E-state index in [-0.39, 0.29) is 76.2 Å². The molecule has 10 atom stereocenters. The lowest BCUT2D eigenvalue weighted by Gasteiger charge is -2.30.